The first-order chi connectivity index (χ1) is 16.4. The minimum atomic E-state index is -0.533. The van der Waals surface area contributed by atoms with Gasteiger partial charge in [-0.15, -0.1) is 0 Å². The summed E-state index contributed by atoms with van der Waals surface area (Å²) in [6, 6.07) is 18.1. The molecule has 0 bridgehead atoms. The number of nitrogens with one attached hydrogen (secondary N) is 1. The first kappa shape index (κ1) is 23.0. The number of rotatable bonds is 8. The monoisotopic (exact) mass is 478 g/mol. The Bertz CT molecular complexity index is 1400. The molecule has 4 aromatic rings. The van der Waals surface area contributed by atoms with Crippen LogP contribution < -0.4 is 15.9 Å². The highest BCUT2D eigenvalue weighted by atomic mass is 35.5. The maximum atomic E-state index is 13.4. The lowest BCUT2D eigenvalue weighted by atomic mass is 10.2. The lowest BCUT2D eigenvalue weighted by Gasteiger charge is -2.11. The van der Waals surface area contributed by atoms with E-state index in [0.29, 0.717) is 16.1 Å². The van der Waals surface area contributed by atoms with Gasteiger partial charge in [-0.25, -0.2) is 9.82 Å². The SMILES string of the molecule is NC(=O)Cn1cc(C=NNC(=O)c2cc(Cl)ccc2OCc2cccc(F)c2)c2ccccc21. The van der Waals surface area contributed by atoms with E-state index in [4.69, 9.17) is 22.1 Å². The number of hydrogen-bond acceptors (Lipinski definition) is 4. The normalized spacial score (nSPS) is 11.1. The third-order valence-electron chi connectivity index (χ3n) is 4.98. The standard InChI is InChI=1S/C25H20ClFN4O3/c26-18-8-9-23(34-15-16-4-3-5-19(27)10-16)21(11-18)25(33)30-29-12-17-13-31(14-24(28)32)22-7-2-1-6-20(17)22/h1-13H,14-15H2,(H2,28,32)(H,30,33). The number of fused-ring (bicyclic) bond motifs is 1. The van der Waals surface area contributed by atoms with Crippen LogP contribution in [-0.4, -0.2) is 22.6 Å². The Morgan fingerprint density at radius 1 is 1.12 bits per heavy atom. The van der Waals surface area contributed by atoms with Gasteiger partial charge in [0.25, 0.3) is 5.91 Å². The first-order valence-corrected chi connectivity index (χ1v) is 10.6. The molecule has 0 aliphatic rings. The van der Waals surface area contributed by atoms with Crippen molar-refractivity contribution in [3.05, 3.63) is 100 Å². The maximum absolute atomic E-state index is 13.4. The minimum absolute atomic E-state index is 0.0231. The van der Waals surface area contributed by atoms with E-state index in [9.17, 15) is 14.0 Å². The summed E-state index contributed by atoms with van der Waals surface area (Å²) in [4.78, 5) is 24.2. The van der Waals surface area contributed by atoms with Crippen molar-refractivity contribution < 1.29 is 18.7 Å². The number of nitrogens with two attached hydrogens (primary N) is 1. The van der Waals surface area contributed by atoms with Crippen molar-refractivity contribution in [1.82, 2.24) is 9.99 Å². The fourth-order valence-electron chi connectivity index (χ4n) is 3.49. The molecule has 0 aliphatic carbocycles. The molecule has 0 atom stereocenters. The summed E-state index contributed by atoms with van der Waals surface area (Å²) in [5, 5.41) is 5.26. The van der Waals surface area contributed by atoms with Gasteiger partial charge in [-0.05, 0) is 42.0 Å². The summed E-state index contributed by atoms with van der Waals surface area (Å²) in [6.07, 6.45) is 3.22. The van der Waals surface area contributed by atoms with Crippen LogP contribution in [0.4, 0.5) is 4.39 Å². The van der Waals surface area contributed by atoms with E-state index in [1.54, 1.807) is 35.0 Å². The Balaban J connectivity index is 1.51. The van der Waals surface area contributed by atoms with Gasteiger partial charge in [-0.1, -0.05) is 41.9 Å². The van der Waals surface area contributed by atoms with Crippen LogP contribution in [0.25, 0.3) is 10.9 Å². The van der Waals surface area contributed by atoms with Crippen LogP contribution in [0.15, 0.2) is 78.0 Å². The van der Waals surface area contributed by atoms with Crippen LogP contribution in [0, 0.1) is 5.82 Å². The molecular formula is C25H20ClFN4O3. The predicted octanol–water partition coefficient (Wildman–Crippen LogP) is 4.26. The number of primary amides is 1. The van der Waals surface area contributed by atoms with Gasteiger partial charge in [-0.2, -0.15) is 5.10 Å². The maximum Gasteiger partial charge on any atom is 0.275 e. The zero-order valence-corrected chi connectivity index (χ0v) is 18.6. The number of para-hydroxylation sites is 1. The summed E-state index contributed by atoms with van der Waals surface area (Å²) in [7, 11) is 0. The average molecular weight is 479 g/mol. The van der Waals surface area contributed by atoms with Crippen molar-refractivity contribution in [2.24, 2.45) is 10.8 Å². The molecule has 0 spiro atoms. The van der Waals surface area contributed by atoms with E-state index >= 15 is 0 Å². The van der Waals surface area contributed by atoms with E-state index in [2.05, 4.69) is 10.5 Å². The molecule has 1 aromatic heterocycles. The molecule has 3 N–H and O–H groups in total. The molecule has 1 heterocycles. The van der Waals surface area contributed by atoms with Gasteiger partial charge in [0.15, 0.2) is 0 Å². The minimum Gasteiger partial charge on any atom is -0.488 e. The van der Waals surface area contributed by atoms with Crippen molar-refractivity contribution in [3.8, 4) is 5.75 Å². The quantitative estimate of drug-likeness (QED) is 0.292. The Kier molecular flexibility index (Phi) is 6.89. The van der Waals surface area contributed by atoms with Crippen LogP contribution in [0.1, 0.15) is 21.5 Å². The van der Waals surface area contributed by atoms with E-state index in [-0.39, 0.29) is 30.3 Å². The second-order valence-electron chi connectivity index (χ2n) is 7.45. The van der Waals surface area contributed by atoms with Gasteiger partial charge in [0.1, 0.15) is 24.7 Å². The second-order valence-corrected chi connectivity index (χ2v) is 7.89. The van der Waals surface area contributed by atoms with E-state index in [1.165, 1.54) is 24.4 Å². The molecule has 172 valence electrons. The highest BCUT2D eigenvalue weighted by Gasteiger charge is 2.14. The van der Waals surface area contributed by atoms with Crippen molar-refractivity contribution >= 4 is 40.5 Å². The summed E-state index contributed by atoms with van der Waals surface area (Å²) in [5.74, 6) is -1.10. The van der Waals surface area contributed by atoms with Crippen molar-refractivity contribution in [3.63, 3.8) is 0 Å². The first-order valence-electron chi connectivity index (χ1n) is 10.3. The van der Waals surface area contributed by atoms with Crippen LogP contribution in [0.5, 0.6) is 5.75 Å². The van der Waals surface area contributed by atoms with Gasteiger partial charge in [0.2, 0.25) is 5.91 Å². The van der Waals surface area contributed by atoms with E-state index in [1.807, 2.05) is 24.3 Å². The predicted molar refractivity (Wildman–Crippen MR) is 128 cm³/mol. The fraction of sp³-hybridized carbons (Fsp3) is 0.0800. The molecule has 0 aliphatic heterocycles. The number of amides is 2. The number of carbonyl (C=O) groups is 2. The number of carbonyl (C=O) groups excluding carboxylic acids is 2. The molecule has 4 rings (SSSR count). The molecule has 0 saturated heterocycles. The summed E-state index contributed by atoms with van der Waals surface area (Å²) in [6.45, 7) is 0.0948. The topological polar surface area (TPSA) is 98.7 Å². The summed E-state index contributed by atoms with van der Waals surface area (Å²) in [5.41, 5.74) is 10.1. The average Bonchev–Trinajstić information content (AvgIpc) is 3.15. The van der Waals surface area contributed by atoms with Crippen molar-refractivity contribution in [2.45, 2.75) is 13.2 Å². The van der Waals surface area contributed by atoms with Gasteiger partial charge >= 0.3 is 0 Å². The molecule has 9 heteroatoms. The largest absolute Gasteiger partial charge is 0.488 e. The zero-order chi connectivity index (χ0) is 24.1. The van der Waals surface area contributed by atoms with Crippen LogP contribution >= 0.6 is 11.6 Å². The van der Waals surface area contributed by atoms with E-state index in [0.717, 1.165) is 10.9 Å². The number of hydrogen-bond donors (Lipinski definition) is 2. The van der Waals surface area contributed by atoms with Crippen molar-refractivity contribution in [2.75, 3.05) is 0 Å². The second kappa shape index (κ2) is 10.2. The van der Waals surface area contributed by atoms with Gasteiger partial charge < -0.3 is 15.0 Å². The zero-order valence-electron chi connectivity index (χ0n) is 17.9. The van der Waals surface area contributed by atoms with Crippen LogP contribution in [0.3, 0.4) is 0 Å². The number of hydrazone groups is 1. The van der Waals surface area contributed by atoms with Crippen LogP contribution in [0.2, 0.25) is 5.02 Å². The Labute approximate surface area is 199 Å². The number of nitrogens with zero attached hydrogens (tertiary/aromatic N) is 2. The summed E-state index contributed by atoms with van der Waals surface area (Å²) < 4.78 is 20.9. The van der Waals surface area contributed by atoms with Crippen molar-refractivity contribution in [1.29, 1.82) is 0 Å². The number of ether oxygens (including phenoxy) is 1. The molecule has 0 unspecified atom stereocenters. The van der Waals surface area contributed by atoms with E-state index < -0.39 is 11.8 Å². The van der Waals surface area contributed by atoms with Crippen LogP contribution in [-0.2, 0) is 17.9 Å². The fourth-order valence-corrected chi connectivity index (χ4v) is 3.66. The smallest absolute Gasteiger partial charge is 0.275 e. The lowest BCUT2D eigenvalue weighted by molar-refractivity contribution is -0.118. The molecule has 3 aromatic carbocycles. The molecule has 2 amide bonds. The number of aromatic nitrogens is 1. The Morgan fingerprint density at radius 2 is 1.94 bits per heavy atom. The number of halogens is 2. The molecule has 0 saturated carbocycles. The van der Waals surface area contributed by atoms with Gasteiger partial charge in [-0.3, -0.25) is 9.59 Å². The molecule has 7 nitrogen and oxygen atoms in total. The third kappa shape index (κ3) is 5.41. The molecule has 34 heavy (non-hydrogen) atoms. The lowest BCUT2D eigenvalue weighted by Crippen LogP contribution is -2.19. The highest BCUT2D eigenvalue weighted by molar-refractivity contribution is 6.31. The Morgan fingerprint density at radius 3 is 2.74 bits per heavy atom. The third-order valence-corrected chi connectivity index (χ3v) is 5.22. The van der Waals surface area contributed by atoms with Gasteiger partial charge in [0, 0.05) is 27.7 Å². The molecular weight excluding hydrogens is 459 g/mol. The summed E-state index contributed by atoms with van der Waals surface area (Å²) >= 11 is 6.07. The highest BCUT2D eigenvalue weighted by Crippen LogP contribution is 2.24. The number of benzene rings is 3. The molecule has 0 fully saturated rings. The molecule has 0 radical (unpaired) electrons. The Hall–Kier alpha value is -4.17. The van der Waals surface area contributed by atoms with Gasteiger partial charge in [0.05, 0.1) is 11.8 Å².